The van der Waals surface area contributed by atoms with Gasteiger partial charge in [0.1, 0.15) is 6.04 Å². The van der Waals surface area contributed by atoms with Gasteiger partial charge in [-0.05, 0) is 49.6 Å². The summed E-state index contributed by atoms with van der Waals surface area (Å²) < 4.78 is 28.4. The Bertz CT molecular complexity index is 1210. The molecule has 0 unspecified atom stereocenters. The largest absolute Gasteiger partial charge is 0.581 e. The zero-order valence-corrected chi connectivity index (χ0v) is 20.2. The Kier molecular flexibility index (Phi) is 7.73. The average Bonchev–Trinajstić information content (AvgIpc) is 3.56. The van der Waals surface area contributed by atoms with Crippen molar-refractivity contribution in [2.24, 2.45) is 16.1 Å². The molecule has 182 valence electrons. The van der Waals surface area contributed by atoms with Gasteiger partial charge in [0.2, 0.25) is 5.91 Å². The van der Waals surface area contributed by atoms with E-state index >= 15 is 0 Å². The van der Waals surface area contributed by atoms with Crippen LogP contribution in [0.15, 0.2) is 58.4 Å². The molecule has 0 aromatic heterocycles. The number of amidine groups is 1. The van der Waals surface area contributed by atoms with Crippen LogP contribution in [0.2, 0.25) is 0 Å². The molecule has 0 spiro atoms. The van der Waals surface area contributed by atoms with Gasteiger partial charge in [-0.3, -0.25) is 14.9 Å². The summed E-state index contributed by atoms with van der Waals surface area (Å²) in [6.07, 6.45) is 4.08. The van der Waals surface area contributed by atoms with E-state index in [4.69, 9.17) is 16.2 Å². The molecule has 1 fully saturated rings. The predicted octanol–water partition coefficient (Wildman–Crippen LogP) is 3.19. The second kappa shape index (κ2) is 10.4. The van der Waals surface area contributed by atoms with Crippen molar-refractivity contribution < 1.29 is 18.3 Å². The van der Waals surface area contributed by atoms with Crippen molar-refractivity contribution in [3.63, 3.8) is 0 Å². The van der Waals surface area contributed by atoms with E-state index in [1.54, 1.807) is 30.3 Å². The van der Waals surface area contributed by atoms with E-state index in [-0.39, 0.29) is 33.5 Å². The maximum Gasteiger partial charge on any atom is 0.350 e. The van der Waals surface area contributed by atoms with Crippen LogP contribution in [0.5, 0.6) is 0 Å². The number of nitrogens with one attached hydrogen (secondary N) is 3. The Morgan fingerprint density at radius 1 is 1.21 bits per heavy atom. The lowest BCUT2D eigenvalue weighted by atomic mass is 10.1. The number of hydrogen-bond acceptors (Lipinski definition) is 5. The molecule has 0 bridgehead atoms. The van der Waals surface area contributed by atoms with E-state index in [1.165, 1.54) is 18.2 Å². The molecule has 10 heteroatoms. The molecule has 1 aliphatic rings. The topological polar surface area (TPSA) is 160 Å². The van der Waals surface area contributed by atoms with Crippen molar-refractivity contribution in [1.82, 2.24) is 0 Å². The van der Waals surface area contributed by atoms with Crippen LogP contribution in [0.25, 0.3) is 0 Å². The molecule has 0 radical (unpaired) electrons. The summed E-state index contributed by atoms with van der Waals surface area (Å²) in [5.41, 5.74) is 6.65. The van der Waals surface area contributed by atoms with Crippen molar-refractivity contribution in [3.8, 4) is 0 Å². The first-order chi connectivity index (χ1) is 16.0. The highest BCUT2D eigenvalue weighted by molar-refractivity contribution is 7.92. The number of carbonyl (C=O) groups is 1. The fourth-order valence-electron chi connectivity index (χ4n) is 3.21. The quantitative estimate of drug-likeness (QED) is 0.231. The van der Waals surface area contributed by atoms with Gasteiger partial charge in [0.05, 0.1) is 10.6 Å². The standard InChI is InChI=1S/C24H31N5O4S/c1-3-4-11-20(25)22(30)28-21(26)16-7-5-10-19(14-16)34(32,33)29-18-9-6-8-17(15-18)27-23(31)24(2)12-13-24/h5-10,14-15,20,29H,3-4,11-13,25H2,1-2H3,(H,27,31)(H2,26,28,30)/p+1/t20-/m0/s1. The van der Waals surface area contributed by atoms with E-state index in [0.29, 0.717) is 17.8 Å². The number of rotatable bonds is 10. The van der Waals surface area contributed by atoms with Crippen molar-refractivity contribution >= 4 is 39.0 Å². The number of anilines is 2. The van der Waals surface area contributed by atoms with Crippen molar-refractivity contribution in [1.29, 1.82) is 5.41 Å². The average molecular weight is 487 g/mol. The third-order valence-electron chi connectivity index (χ3n) is 5.79. The molecule has 9 nitrogen and oxygen atoms in total. The number of benzene rings is 2. The van der Waals surface area contributed by atoms with Crippen molar-refractivity contribution in [3.05, 3.63) is 54.1 Å². The van der Waals surface area contributed by atoms with Crippen LogP contribution in [-0.2, 0) is 14.8 Å². The van der Waals surface area contributed by atoms with E-state index in [2.05, 4.69) is 15.0 Å². The van der Waals surface area contributed by atoms with Gasteiger partial charge in [0.15, 0.2) is 5.84 Å². The first-order valence-corrected chi connectivity index (χ1v) is 12.7. The molecule has 34 heavy (non-hydrogen) atoms. The van der Waals surface area contributed by atoms with Gasteiger partial charge < -0.3 is 16.2 Å². The molecule has 1 amide bonds. The first-order valence-electron chi connectivity index (χ1n) is 11.2. The summed E-state index contributed by atoms with van der Waals surface area (Å²) in [4.78, 5) is 16.2. The van der Waals surface area contributed by atoms with Gasteiger partial charge in [0, 0.05) is 16.7 Å². The third kappa shape index (κ3) is 6.42. The minimum absolute atomic E-state index is 0.0494. The van der Waals surface area contributed by atoms with E-state index < -0.39 is 16.1 Å². The Morgan fingerprint density at radius 3 is 2.56 bits per heavy atom. The maximum atomic E-state index is 13.0. The van der Waals surface area contributed by atoms with Gasteiger partial charge in [-0.25, -0.2) is 8.42 Å². The minimum atomic E-state index is -3.97. The van der Waals surface area contributed by atoms with E-state index in [0.717, 1.165) is 25.7 Å². The van der Waals surface area contributed by atoms with Gasteiger partial charge >= 0.3 is 5.90 Å². The van der Waals surface area contributed by atoms with Crippen LogP contribution in [0, 0.1) is 10.8 Å². The SMILES string of the molecule is CCCC[C@H](N)C([OH2+])=NC(=N)c1cccc(S(=O)(=O)Nc2cccc(NC(=O)C3(C)CC3)c2)c1. The van der Waals surface area contributed by atoms with Gasteiger partial charge in [-0.2, -0.15) is 0 Å². The Balaban J connectivity index is 1.74. The van der Waals surface area contributed by atoms with Gasteiger partial charge in [-0.1, -0.05) is 44.9 Å². The molecular formula is C24H32N5O4S+. The minimum Gasteiger partial charge on any atom is -0.581 e. The van der Waals surface area contributed by atoms with Crippen LogP contribution in [-0.4, -0.2) is 37.2 Å². The summed E-state index contributed by atoms with van der Waals surface area (Å²) in [7, 11) is -3.97. The zero-order valence-electron chi connectivity index (χ0n) is 19.4. The lowest BCUT2D eigenvalue weighted by Gasteiger charge is -2.13. The second-order valence-corrected chi connectivity index (χ2v) is 10.5. The van der Waals surface area contributed by atoms with Gasteiger partial charge in [0.25, 0.3) is 10.0 Å². The number of sulfonamides is 1. The molecular weight excluding hydrogens is 454 g/mol. The number of unbranched alkanes of at least 4 members (excludes halogenated alkanes) is 1. The summed E-state index contributed by atoms with van der Waals surface area (Å²) in [6, 6.07) is 11.8. The summed E-state index contributed by atoms with van der Waals surface area (Å²) in [6.45, 7) is 3.92. The predicted molar refractivity (Wildman–Crippen MR) is 135 cm³/mol. The lowest BCUT2D eigenvalue weighted by molar-refractivity contribution is -0.120. The van der Waals surface area contributed by atoms with Crippen LogP contribution in [0.1, 0.15) is 51.5 Å². The highest BCUT2D eigenvalue weighted by atomic mass is 32.2. The summed E-state index contributed by atoms with van der Waals surface area (Å²) >= 11 is 0. The first kappa shape index (κ1) is 25.4. The highest BCUT2D eigenvalue weighted by Crippen LogP contribution is 2.45. The van der Waals surface area contributed by atoms with E-state index in [9.17, 15) is 13.2 Å². The third-order valence-corrected chi connectivity index (χ3v) is 7.17. The van der Waals surface area contributed by atoms with Crippen LogP contribution in [0.4, 0.5) is 11.4 Å². The number of nitrogens with zero attached hydrogens (tertiary/aromatic N) is 1. The normalized spacial score (nSPS) is 15.9. The Morgan fingerprint density at radius 2 is 1.88 bits per heavy atom. The van der Waals surface area contributed by atoms with Crippen LogP contribution >= 0.6 is 0 Å². The molecule has 1 saturated carbocycles. The summed E-state index contributed by atoms with van der Waals surface area (Å²) in [5.74, 6) is -0.418. The fraction of sp³-hybridized carbons (Fsp3) is 0.375. The van der Waals surface area contributed by atoms with Crippen LogP contribution in [0.3, 0.4) is 0 Å². The lowest BCUT2D eigenvalue weighted by Crippen LogP contribution is -2.31. The molecule has 7 N–H and O–H groups in total. The van der Waals surface area contributed by atoms with Crippen molar-refractivity contribution in [2.45, 2.75) is 56.9 Å². The molecule has 2 aromatic carbocycles. The smallest absolute Gasteiger partial charge is 0.350 e. The molecule has 2 aromatic rings. The molecule has 0 heterocycles. The molecule has 1 aliphatic carbocycles. The summed E-state index contributed by atoms with van der Waals surface area (Å²) in [5, 5.41) is 19.0. The molecule has 0 saturated heterocycles. The number of amides is 1. The number of nitrogens with two attached hydrogens (primary N) is 1. The van der Waals surface area contributed by atoms with Crippen molar-refractivity contribution in [2.75, 3.05) is 10.0 Å². The second-order valence-electron chi connectivity index (χ2n) is 8.82. The van der Waals surface area contributed by atoms with E-state index in [1.807, 2.05) is 13.8 Å². The maximum absolute atomic E-state index is 13.0. The van der Waals surface area contributed by atoms with Crippen LogP contribution < -0.4 is 15.8 Å². The Hall–Kier alpha value is -3.24. The number of aliphatic imine (C=N–C) groups is 1. The molecule has 3 rings (SSSR count). The fourth-order valence-corrected chi connectivity index (χ4v) is 4.31. The number of carbonyl (C=O) groups excluding carboxylic acids is 1. The molecule has 0 aliphatic heterocycles. The highest BCUT2D eigenvalue weighted by Gasteiger charge is 2.44. The Labute approximate surface area is 200 Å². The number of hydrogen-bond donors (Lipinski definition) is 4. The van der Waals surface area contributed by atoms with Gasteiger partial charge in [-0.15, -0.1) is 4.99 Å². The monoisotopic (exact) mass is 486 g/mol. The zero-order chi connectivity index (χ0) is 24.9. The molecule has 1 atom stereocenters.